The largest absolute Gasteiger partial charge is 0.497 e. The third-order valence-electron chi connectivity index (χ3n) is 5.02. The Morgan fingerprint density at radius 3 is 2.16 bits per heavy atom. The minimum Gasteiger partial charge on any atom is -0.497 e. The number of rotatable bonds is 9. The summed E-state index contributed by atoms with van der Waals surface area (Å²) in [7, 11) is -2.36. The first-order valence-electron chi connectivity index (χ1n) is 10.3. The highest BCUT2D eigenvalue weighted by Gasteiger charge is 2.26. The number of anilines is 1. The first kappa shape index (κ1) is 23.5. The molecule has 7 heteroatoms. The molecule has 0 fully saturated rings. The van der Waals surface area contributed by atoms with E-state index in [0.717, 1.165) is 16.7 Å². The van der Waals surface area contributed by atoms with Crippen LogP contribution in [0.1, 0.15) is 16.7 Å². The maximum atomic E-state index is 13.4. The van der Waals surface area contributed by atoms with E-state index in [1.165, 1.54) is 23.5 Å². The minimum absolute atomic E-state index is 0.116. The maximum absolute atomic E-state index is 13.4. The fourth-order valence-corrected chi connectivity index (χ4v) is 4.88. The number of carbonyl (C=O) groups excluding carboxylic acids is 1. The quantitative estimate of drug-likeness (QED) is 0.528. The van der Waals surface area contributed by atoms with Gasteiger partial charge in [0, 0.05) is 12.2 Å². The molecule has 32 heavy (non-hydrogen) atoms. The molecule has 3 rings (SSSR count). The molecule has 168 valence electrons. The smallest absolute Gasteiger partial charge is 0.243 e. The summed E-state index contributed by atoms with van der Waals surface area (Å²) in [6.07, 6.45) is 0.493. The molecule has 0 saturated carbocycles. The molecule has 0 heterocycles. The van der Waals surface area contributed by atoms with Crippen LogP contribution < -0.4 is 10.1 Å². The first-order chi connectivity index (χ1) is 15.3. The zero-order valence-electron chi connectivity index (χ0n) is 18.5. The summed E-state index contributed by atoms with van der Waals surface area (Å²) in [5.41, 5.74) is 3.69. The number of nitrogens with zero attached hydrogens (tertiary/aromatic N) is 1. The van der Waals surface area contributed by atoms with E-state index >= 15 is 0 Å². The summed E-state index contributed by atoms with van der Waals surface area (Å²) < 4.78 is 33.1. The summed E-state index contributed by atoms with van der Waals surface area (Å²) in [5.74, 6) is 0.174. The van der Waals surface area contributed by atoms with Crippen LogP contribution in [0.5, 0.6) is 5.75 Å². The van der Waals surface area contributed by atoms with Gasteiger partial charge in [0.25, 0.3) is 0 Å². The van der Waals surface area contributed by atoms with Gasteiger partial charge in [0.2, 0.25) is 15.9 Å². The van der Waals surface area contributed by atoms with Crippen LogP contribution in [0, 0.1) is 13.8 Å². The molecule has 0 saturated heterocycles. The molecule has 3 aromatic carbocycles. The summed E-state index contributed by atoms with van der Waals surface area (Å²) in [6.45, 7) is 3.79. The van der Waals surface area contributed by atoms with E-state index in [9.17, 15) is 13.2 Å². The Morgan fingerprint density at radius 2 is 1.56 bits per heavy atom. The van der Waals surface area contributed by atoms with Gasteiger partial charge >= 0.3 is 0 Å². The fraction of sp³-hybridized carbons (Fsp3) is 0.240. The molecule has 1 N–H and O–H groups in total. The highest BCUT2D eigenvalue weighted by molar-refractivity contribution is 7.89. The number of amides is 1. The molecule has 1 amide bonds. The van der Waals surface area contributed by atoms with Crippen molar-refractivity contribution < 1.29 is 17.9 Å². The lowest BCUT2D eigenvalue weighted by Gasteiger charge is -2.22. The SMILES string of the molecule is COc1ccc(S(=O)(=O)N(CCc2ccccc2)CC(=O)Nc2cc(C)cc(C)c2)cc1. The van der Waals surface area contributed by atoms with E-state index < -0.39 is 10.0 Å². The van der Waals surface area contributed by atoms with Crippen LogP contribution >= 0.6 is 0 Å². The van der Waals surface area contributed by atoms with Crippen molar-refractivity contribution in [2.75, 3.05) is 25.5 Å². The van der Waals surface area contributed by atoms with E-state index in [4.69, 9.17) is 4.74 Å². The topological polar surface area (TPSA) is 75.7 Å². The standard InChI is InChI=1S/C25H28N2O4S/c1-19-15-20(2)17-22(16-19)26-25(28)18-27(14-13-21-7-5-4-6-8-21)32(29,30)24-11-9-23(31-3)10-12-24/h4-12,15-17H,13-14,18H2,1-3H3,(H,26,28). The normalized spacial score (nSPS) is 11.4. The second-order valence-corrected chi connectivity index (χ2v) is 9.61. The van der Waals surface area contributed by atoms with Crippen LogP contribution in [0.2, 0.25) is 0 Å². The Hall–Kier alpha value is -3.16. The highest BCUT2D eigenvalue weighted by atomic mass is 32.2. The Morgan fingerprint density at radius 1 is 0.938 bits per heavy atom. The van der Waals surface area contributed by atoms with Crippen LogP contribution in [0.25, 0.3) is 0 Å². The minimum atomic E-state index is -3.88. The van der Waals surface area contributed by atoms with Gasteiger partial charge in [0.1, 0.15) is 5.75 Å². The van der Waals surface area contributed by atoms with Gasteiger partial charge in [-0.1, -0.05) is 36.4 Å². The van der Waals surface area contributed by atoms with Gasteiger partial charge in [0.05, 0.1) is 18.6 Å². The summed E-state index contributed by atoms with van der Waals surface area (Å²) in [6, 6.07) is 21.5. The molecule has 0 atom stereocenters. The van der Waals surface area contributed by atoms with Gasteiger partial charge in [-0.2, -0.15) is 4.31 Å². The Bertz CT molecular complexity index is 1140. The Labute approximate surface area is 189 Å². The Balaban J connectivity index is 1.82. The molecule has 0 unspecified atom stereocenters. The first-order valence-corrected chi connectivity index (χ1v) is 11.8. The van der Waals surface area contributed by atoms with E-state index in [-0.39, 0.29) is 23.9 Å². The fourth-order valence-electron chi connectivity index (χ4n) is 3.49. The van der Waals surface area contributed by atoms with Crippen molar-refractivity contribution in [3.05, 3.63) is 89.5 Å². The number of methoxy groups -OCH3 is 1. The lowest BCUT2D eigenvalue weighted by atomic mass is 10.1. The molecule has 0 aliphatic carbocycles. The Kier molecular flexibility index (Phi) is 7.66. The third-order valence-corrected chi connectivity index (χ3v) is 6.87. The van der Waals surface area contributed by atoms with Gasteiger partial charge in [-0.3, -0.25) is 4.79 Å². The highest BCUT2D eigenvalue weighted by Crippen LogP contribution is 2.20. The lowest BCUT2D eigenvalue weighted by molar-refractivity contribution is -0.116. The second kappa shape index (κ2) is 10.4. The van der Waals surface area contributed by atoms with E-state index in [1.807, 2.05) is 62.4 Å². The van der Waals surface area contributed by atoms with Crippen molar-refractivity contribution in [3.63, 3.8) is 0 Å². The molecular weight excluding hydrogens is 424 g/mol. The number of aryl methyl sites for hydroxylation is 2. The molecule has 3 aromatic rings. The van der Waals surface area contributed by atoms with Crippen molar-refractivity contribution in [2.24, 2.45) is 0 Å². The van der Waals surface area contributed by atoms with Crippen LogP contribution in [0.4, 0.5) is 5.69 Å². The van der Waals surface area contributed by atoms with Gasteiger partial charge in [-0.25, -0.2) is 8.42 Å². The van der Waals surface area contributed by atoms with E-state index in [0.29, 0.717) is 17.9 Å². The van der Waals surface area contributed by atoms with Gasteiger partial charge in [-0.15, -0.1) is 0 Å². The molecular formula is C25H28N2O4S. The average molecular weight is 453 g/mol. The van der Waals surface area contributed by atoms with Crippen molar-refractivity contribution >= 4 is 21.6 Å². The van der Waals surface area contributed by atoms with E-state index in [2.05, 4.69) is 5.32 Å². The average Bonchev–Trinajstić information content (AvgIpc) is 2.76. The predicted octanol–water partition coefficient (Wildman–Crippen LogP) is 4.18. The molecule has 0 bridgehead atoms. The van der Waals surface area contributed by atoms with Crippen LogP contribution in [-0.4, -0.2) is 38.8 Å². The van der Waals surface area contributed by atoms with Crippen molar-refractivity contribution in [3.8, 4) is 5.75 Å². The molecule has 0 aliphatic rings. The molecule has 6 nitrogen and oxygen atoms in total. The van der Waals surface area contributed by atoms with Crippen molar-refractivity contribution in [2.45, 2.75) is 25.2 Å². The molecule has 0 radical (unpaired) electrons. The molecule has 0 aliphatic heterocycles. The molecule has 0 aromatic heterocycles. The summed E-state index contributed by atoms with van der Waals surface area (Å²) >= 11 is 0. The zero-order valence-corrected chi connectivity index (χ0v) is 19.4. The lowest BCUT2D eigenvalue weighted by Crippen LogP contribution is -2.39. The summed E-state index contributed by atoms with van der Waals surface area (Å²) in [4.78, 5) is 12.9. The monoisotopic (exact) mass is 452 g/mol. The zero-order chi connectivity index (χ0) is 23.1. The van der Waals surface area contributed by atoms with Crippen LogP contribution in [-0.2, 0) is 21.2 Å². The van der Waals surface area contributed by atoms with Crippen LogP contribution in [0.3, 0.4) is 0 Å². The van der Waals surface area contributed by atoms with E-state index in [1.54, 1.807) is 12.1 Å². The number of nitrogens with one attached hydrogen (secondary N) is 1. The second-order valence-electron chi connectivity index (χ2n) is 7.67. The number of carbonyl (C=O) groups is 1. The number of benzene rings is 3. The number of hydrogen-bond acceptors (Lipinski definition) is 4. The predicted molar refractivity (Wildman–Crippen MR) is 126 cm³/mol. The van der Waals surface area contributed by atoms with Gasteiger partial charge < -0.3 is 10.1 Å². The molecule has 0 spiro atoms. The van der Waals surface area contributed by atoms with Gasteiger partial charge in [0.15, 0.2) is 0 Å². The number of ether oxygens (including phenoxy) is 1. The number of hydrogen-bond donors (Lipinski definition) is 1. The van der Waals surface area contributed by atoms with Gasteiger partial charge in [-0.05, 0) is 73.4 Å². The number of sulfonamides is 1. The van der Waals surface area contributed by atoms with Crippen molar-refractivity contribution in [1.82, 2.24) is 4.31 Å². The van der Waals surface area contributed by atoms with Crippen LogP contribution in [0.15, 0.2) is 77.7 Å². The van der Waals surface area contributed by atoms with Crippen molar-refractivity contribution in [1.29, 1.82) is 0 Å². The maximum Gasteiger partial charge on any atom is 0.243 e. The summed E-state index contributed by atoms with van der Waals surface area (Å²) in [5, 5.41) is 2.83. The third kappa shape index (κ3) is 6.18.